The molecule has 2 heterocycles. The Bertz CT molecular complexity index is 1060. The van der Waals surface area contributed by atoms with Crippen molar-refractivity contribution in [2.24, 2.45) is 0 Å². The van der Waals surface area contributed by atoms with Gasteiger partial charge in [0.15, 0.2) is 0 Å². The molecule has 3 aromatic rings. The van der Waals surface area contributed by atoms with Crippen molar-refractivity contribution in [2.75, 3.05) is 0 Å². The molecule has 0 saturated carbocycles. The van der Waals surface area contributed by atoms with E-state index in [0.717, 1.165) is 55.5 Å². The molecule has 1 fully saturated rings. The summed E-state index contributed by atoms with van der Waals surface area (Å²) in [7, 11) is 0. The van der Waals surface area contributed by atoms with Gasteiger partial charge >= 0.3 is 12.1 Å². The fraction of sp³-hybridized carbons (Fsp3) is 0.346. The lowest BCUT2D eigenvalue weighted by molar-refractivity contribution is -0.135. The monoisotopic (exact) mass is 432 g/mol. The lowest BCUT2D eigenvalue weighted by Crippen LogP contribution is -2.28. The zero-order valence-corrected chi connectivity index (χ0v) is 18.3. The number of benzene rings is 2. The van der Waals surface area contributed by atoms with Gasteiger partial charge in [-0.1, -0.05) is 55.3 Å². The minimum atomic E-state index is -0.629. The molecule has 0 bridgehead atoms. The number of nitrogens with zero attached hydrogens (tertiary/aromatic N) is 1. The number of aryl methyl sites for hydroxylation is 4. The van der Waals surface area contributed by atoms with Crippen LogP contribution in [-0.4, -0.2) is 23.1 Å². The normalized spacial score (nSPS) is 15.6. The maximum atomic E-state index is 11.4. The van der Waals surface area contributed by atoms with Crippen LogP contribution in [0.3, 0.4) is 0 Å². The zero-order valence-electron chi connectivity index (χ0n) is 18.3. The van der Waals surface area contributed by atoms with E-state index in [0.29, 0.717) is 12.3 Å². The highest BCUT2D eigenvalue weighted by molar-refractivity contribution is 5.95. The SMILES string of the molecule is Cc1oc(-c2ccccc2)nc1CCc1ccc(CCCCCC2NC(=O)OC2=O)cc1. The van der Waals surface area contributed by atoms with Gasteiger partial charge in [0.2, 0.25) is 5.89 Å². The molecule has 32 heavy (non-hydrogen) atoms. The topological polar surface area (TPSA) is 81.4 Å². The Morgan fingerprint density at radius 2 is 1.59 bits per heavy atom. The molecule has 2 aromatic carbocycles. The van der Waals surface area contributed by atoms with E-state index in [1.54, 1.807) is 0 Å². The van der Waals surface area contributed by atoms with Crippen LogP contribution in [0.5, 0.6) is 0 Å². The van der Waals surface area contributed by atoms with Gasteiger partial charge < -0.3 is 14.5 Å². The molecule has 0 aliphatic carbocycles. The first-order valence-corrected chi connectivity index (χ1v) is 11.2. The van der Waals surface area contributed by atoms with E-state index in [2.05, 4.69) is 39.3 Å². The van der Waals surface area contributed by atoms with Crippen molar-refractivity contribution < 1.29 is 18.7 Å². The number of amides is 1. The number of nitrogens with one attached hydrogen (secondary N) is 1. The third-order valence-electron chi connectivity index (χ3n) is 5.81. The molecule has 4 rings (SSSR count). The van der Waals surface area contributed by atoms with Gasteiger partial charge in [0, 0.05) is 5.56 Å². The second-order valence-corrected chi connectivity index (χ2v) is 8.21. The molecule has 1 saturated heterocycles. The van der Waals surface area contributed by atoms with E-state index in [9.17, 15) is 9.59 Å². The lowest BCUT2D eigenvalue weighted by atomic mass is 10.0. The number of carbonyl (C=O) groups excluding carboxylic acids is 2. The summed E-state index contributed by atoms with van der Waals surface area (Å²) in [5, 5.41) is 2.53. The number of rotatable bonds is 10. The van der Waals surface area contributed by atoms with Crippen LogP contribution < -0.4 is 5.32 Å². The number of aromatic nitrogens is 1. The molecule has 6 nitrogen and oxygen atoms in total. The Balaban J connectivity index is 1.19. The molecule has 1 atom stereocenters. The molecule has 6 heteroatoms. The summed E-state index contributed by atoms with van der Waals surface area (Å²) < 4.78 is 10.3. The van der Waals surface area contributed by atoms with Crippen molar-refractivity contribution in [1.29, 1.82) is 0 Å². The molecule has 1 N–H and O–H groups in total. The number of unbranched alkanes of at least 4 members (excludes halogenated alkanes) is 2. The molecule has 1 aliphatic rings. The highest BCUT2D eigenvalue weighted by Gasteiger charge is 2.31. The quantitative estimate of drug-likeness (QED) is 0.271. The van der Waals surface area contributed by atoms with Crippen molar-refractivity contribution >= 4 is 12.1 Å². The molecule has 1 unspecified atom stereocenters. The average Bonchev–Trinajstić information content (AvgIpc) is 3.34. The predicted octanol–water partition coefficient (Wildman–Crippen LogP) is 5.17. The summed E-state index contributed by atoms with van der Waals surface area (Å²) in [5.41, 5.74) is 4.61. The summed E-state index contributed by atoms with van der Waals surface area (Å²) in [6.07, 6.45) is 5.73. The van der Waals surface area contributed by atoms with E-state index in [4.69, 9.17) is 4.42 Å². The van der Waals surface area contributed by atoms with E-state index in [-0.39, 0.29) is 0 Å². The second-order valence-electron chi connectivity index (χ2n) is 8.21. The number of oxazole rings is 1. The molecule has 1 aliphatic heterocycles. The zero-order chi connectivity index (χ0) is 22.3. The summed E-state index contributed by atoms with van der Waals surface area (Å²) in [6.45, 7) is 1.97. The number of alkyl carbamates (subject to hydrolysis) is 1. The van der Waals surface area contributed by atoms with Crippen LogP contribution in [0.4, 0.5) is 4.79 Å². The number of carbonyl (C=O) groups is 2. The minimum absolute atomic E-state index is 0.456. The van der Waals surface area contributed by atoms with Crippen LogP contribution in [0.2, 0.25) is 0 Å². The Hall–Kier alpha value is -3.41. The third kappa shape index (κ3) is 5.63. The number of hydrogen-bond acceptors (Lipinski definition) is 5. The highest BCUT2D eigenvalue weighted by atomic mass is 16.6. The maximum Gasteiger partial charge on any atom is 0.415 e. The van der Waals surface area contributed by atoms with Crippen molar-refractivity contribution in [3.8, 4) is 11.5 Å². The first-order valence-electron chi connectivity index (χ1n) is 11.2. The van der Waals surface area contributed by atoms with E-state index in [1.165, 1.54) is 11.1 Å². The van der Waals surface area contributed by atoms with Crippen LogP contribution in [-0.2, 0) is 28.8 Å². The second kappa shape index (κ2) is 10.3. The molecule has 1 aromatic heterocycles. The number of hydrogen-bond donors (Lipinski definition) is 1. The van der Waals surface area contributed by atoms with Crippen LogP contribution >= 0.6 is 0 Å². The average molecular weight is 433 g/mol. The largest absolute Gasteiger partial charge is 0.441 e. The Morgan fingerprint density at radius 1 is 0.875 bits per heavy atom. The van der Waals surface area contributed by atoms with Crippen LogP contribution in [0.1, 0.15) is 48.3 Å². The van der Waals surface area contributed by atoms with Crippen LogP contribution in [0, 0.1) is 6.92 Å². The standard InChI is InChI=1S/C26H28N2O4/c1-18-22(27-24(31-18)21-9-5-3-6-10-21)17-16-20-14-12-19(13-15-20)8-4-2-7-11-23-25(29)32-26(30)28-23/h3,5-6,9-10,12-15,23H,2,4,7-8,11,16-17H2,1H3,(H,28,30). The molecule has 166 valence electrons. The number of cyclic esters (lactones) is 2. The van der Waals surface area contributed by atoms with Crippen molar-refractivity contribution in [3.63, 3.8) is 0 Å². The first kappa shape index (κ1) is 21.8. The lowest BCUT2D eigenvalue weighted by Gasteiger charge is -2.06. The van der Waals surface area contributed by atoms with Gasteiger partial charge in [-0.05, 0) is 62.3 Å². The molecular formula is C26H28N2O4. The number of ether oxygens (including phenoxy) is 1. The summed E-state index contributed by atoms with van der Waals surface area (Å²) in [5.74, 6) is 1.11. The fourth-order valence-corrected chi connectivity index (χ4v) is 3.94. The third-order valence-corrected chi connectivity index (χ3v) is 5.81. The van der Waals surface area contributed by atoms with E-state index < -0.39 is 18.1 Å². The molecule has 0 radical (unpaired) electrons. The van der Waals surface area contributed by atoms with Crippen molar-refractivity contribution in [1.82, 2.24) is 10.3 Å². The van der Waals surface area contributed by atoms with Gasteiger partial charge in [-0.2, -0.15) is 0 Å². The maximum absolute atomic E-state index is 11.4. The van der Waals surface area contributed by atoms with Crippen molar-refractivity contribution in [2.45, 2.75) is 57.9 Å². The Kier molecular flexibility index (Phi) is 7.00. The van der Waals surface area contributed by atoms with Crippen LogP contribution in [0.15, 0.2) is 59.0 Å². The molecule has 1 amide bonds. The van der Waals surface area contributed by atoms with Gasteiger partial charge in [-0.25, -0.2) is 14.6 Å². The Labute approximate surface area is 188 Å². The van der Waals surface area contributed by atoms with Crippen LogP contribution in [0.25, 0.3) is 11.5 Å². The fourth-order valence-electron chi connectivity index (χ4n) is 3.94. The predicted molar refractivity (Wildman–Crippen MR) is 121 cm³/mol. The summed E-state index contributed by atoms with van der Waals surface area (Å²) in [6, 6.07) is 18.3. The van der Waals surface area contributed by atoms with Gasteiger partial charge in [0.1, 0.15) is 11.8 Å². The first-order chi connectivity index (χ1) is 15.6. The van der Waals surface area contributed by atoms with E-state index >= 15 is 0 Å². The minimum Gasteiger partial charge on any atom is -0.441 e. The summed E-state index contributed by atoms with van der Waals surface area (Å²) >= 11 is 0. The number of esters is 1. The van der Waals surface area contributed by atoms with Crippen molar-refractivity contribution in [3.05, 3.63) is 77.2 Å². The van der Waals surface area contributed by atoms with E-state index in [1.807, 2.05) is 37.3 Å². The summed E-state index contributed by atoms with van der Waals surface area (Å²) in [4.78, 5) is 27.1. The van der Waals surface area contributed by atoms with Gasteiger partial charge in [0.05, 0.1) is 5.69 Å². The van der Waals surface area contributed by atoms with Gasteiger partial charge in [-0.15, -0.1) is 0 Å². The Morgan fingerprint density at radius 3 is 2.28 bits per heavy atom. The smallest absolute Gasteiger partial charge is 0.415 e. The highest BCUT2D eigenvalue weighted by Crippen LogP contribution is 2.22. The van der Waals surface area contributed by atoms with Gasteiger partial charge in [0.25, 0.3) is 0 Å². The molecule has 0 spiro atoms. The van der Waals surface area contributed by atoms with Gasteiger partial charge in [-0.3, -0.25) is 0 Å². The molecular weight excluding hydrogens is 404 g/mol.